The van der Waals surface area contributed by atoms with E-state index in [-0.39, 0.29) is 11.7 Å². The first-order valence-corrected chi connectivity index (χ1v) is 9.49. The molecule has 1 aliphatic rings. The molecule has 8 heteroatoms. The topological polar surface area (TPSA) is 103 Å². The Balaban J connectivity index is 1.53. The molecule has 148 valence electrons. The first kappa shape index (κ1) is 19.8. The molecule has 2 aromatic rings. The van der Waals surface area contributed by atoms with Crippen molar-refractivity contribution in [2.24, 2.45) is 10.9 Å². The van der Waals surface area contributed by atoms with Gasteiger partial charge in [0.25, 0.3) is 0 Å². The fourth-order valence-corrected chi connectivity index (χ4v) is 3.00. The second kappa shape index (κ2) is 10.4. The number of esters is 1. The SMILES string of the molecule is NC(=NOCCCN1CCCCC1)c1cccnc1OC(=O)c1cccnc1. The van der Waals surface area contributed by atoms with Crippen LogP contribution in [0.25, 0.3) is 0 Å². The second-order valence-electron chi connectivity index (χ2n) is 6.55. The van der Waals surface area contributed by atoms with Gasteiger partial charge in [-0.15, -0.1) is 0 Å². The largest absolute Gasteiger partial charge is 0.403 e. The third-order valence-electron chi connectivity index (χ3n) is 4.46. The number of aromatic nitrogens is 2. The minimum atomic E-state index is -0.566. The summed E-state index contributed by atoms with van der Waals surface area (Å²) in [4.78, 5) is 28.0. The molecule has 0 atom stereocenters. The maximum atomic E-state index is 12.2. The molecule has 0 spiro atoms. The number of nitrogens with zero attached hydrogens (tertiary/aromatic N) is 4. The molecular weight excluding hydrogens is 358 g/mol. The molecule has 2 N–H and O–H groups in total. The number of carbonyl (C=O) groups is 1. The highest BCUT2D eigenvalue weighted by Gasteiger charge is 2.15. The van der Waals surface area contributed by atoms with Crippen molar-refractivity contribution in [3.05, 3.63) is 54.0 Å². The van der Waals surface area contributed by atoms with Crippen LogP contribution >= 0.6 is 0 Å². The molecular formula is C20H25N5O3. The smallest absolute Gasteiger partial charge is 0.346 e. The minimum Gasteiger partial charge on any atom is -0.403 e. The van der Waals surface area contributed by atoms with Crippen LogP contribution in [0.5, 0.6) is 5.88 Å². The standard InChI is InChI=1S/C20H25N5O3/c21-18(24-27-14-6-13-25-11-2-1-3-12-25)17-8-5-10-23-19(17)28-20(26)16-7-4-9-22-15-16/h4-5,7-10,15H,1-3,6,11-14H2,(H2,21,24). The number of rotatable bonds is 8. The van der Waals surface area contributed by atoms with Gasteiger partial charge in [-0.2, -0.15) is 0 Å². The Morgan fingerprint density at radius 3 is 2.79 bits per heavy atom. The maximum absolute atomic E-state index is 12.2. The first-order valence-electron chi connectivity index (χ1n) is 9.49. The van der Waals surface area contributed by atoms with Gasteiger partial charge in [0.05, 0.1) is 11.1 Å². The van der Waals surface area contributed by atoms with Crippen LogP contribution in [0.2, 0.25) is 0 Å². The van der Waals surface area contributed by atoms with Crippen LogP contribution in [0.1, 0.15) is 41.6 Å². The third kappa shape index (κ3) is 5.75. The van der Waals surface area contributed by atoms with E-state index < -0.39 is 5.97 Å². The number of piperidine rings is 1. The Bertz CT molecular complexity index is 791. The summed E-state index contributed by atoms with van der Waals surface area (Å²) < 4.78 is 5.35. The van der Waals surface area contributed by atoms with Crippen LogP contribution < -0.4 is 10.5 Å². The number of hydrogen-bond donors (Lipinski definition) is 1. The summed E-state index contributed by atoms with van der Waals surface area (Å²) in [6.07, 6.45) is 9.27. The van der Waals surface area contributed by atoms with Gasteiger partial charge in [0.1, 0.15) is 6.61 Å². The Morgan fingerprint density at radius 1 is 1.18 bits per heavy atom. The van der Waals surface area contributed by atoms with Crippen molar-refractivity contribution < 1.29 is 14.4 Å². The Hall–Kier alpha value is -3.00. The summed E-state index contributed by atoms with van der Waals surface area (Å²) in [6.45, 7) is 3.79. The number of amidine groups is 1. The van der Waals surface area contributed by atoms with E-state index in [2.05, 4.69) is 20.0 Å². The lowest BCUT2D eigenvalue weighted by Gasteiger charge is -2.25. The molecule has 28 heavy (non-hydrogen) atoms. The molecule has 1 aliphatic heterocycles. The average Bonchev–Trinajstić information content (AvgIpc) is 2.75. The number of oxime groups is 1. The normalized spacial score (nSPS) is 15.2. The molecule has 2 aromatic heterocycles. The fourth-order valence-electron chi connectivity index (χ4n) is 3.00. The van der Waals surface area contributed by atoms with E-state index >= 15 is 0 Å². The molecule has 0 amide bonds. The van der Waals surface area contributed by atoms with Crippen LogP contribution in [0.3, 0.4) is 0 Å². The van der Waals surface area contributed by atoms with Gasteiger partial charge >= 0.3 is 5.97 Å². The van der Waals surface area contributed by atoms with Gasteiger partial charge < -0.3 is 20.2 Å². The van der Waals surface area contributed by atoms with Crippen molar-refractivity contribution in [3.8, 4) is 5.88 Å². The summed E-state index contributed by atoms with van der Waals surface area (Å²) in [5.74, 6) is -0.377. The number of hydrogen-bond acceptors (Lipinski definition) is 7. The molecule has 0 bridgehead atoms. The van der Waals surface area contributed by atoms with E-state index in [1.54, 1.807) is 30.5 Å². The van der Waals surface area contributed by atoms with Crippen LogP contribution in [0.4, 0.5) is 0 Å². The van der Waals surface area contributed by atoms with Crippen molar-refractivity contribution in [2.75, 3.05) is 26.2 Å². The Kier molecular flexibility index (Phi) is 7.31. The fraction of sp³-hybridized carbons (Fsp3) is 0.400. The van der Waals surface area contributed by atoms with Gasteiger partial charge in [0, 0.05) is 25.1 Å². The molecule has 0 unspecified atom stereocenters. The van der Waals surface area contributed by atoms with Crippen molar-refractivity contribution >= 4 is 11.8 Å². The van der Waals surface area contributed by atoms with Gasteiger partial charge in [-0.25, -0.2) is 9.78 Å². The van der Waals surface area contributed by atoms with Crippen molar-refractivity contribution in [1.82, 2.24) is 14.9 Å². The molecule has 0 radical (unpaired) electrons. The monoisotopic (exact) mass is 383 g/mol. The van der Waals surface area contributed by atoms with E-state index in [0.29, 0.717) is 17.7 Å². The van der Waals surface area contributed by atoms with E-state index in [1.165, 1.54) is 31.7 Å². The van der Waals surface area contributed by atoms with E-state index in [4.69, 9.17) is 15.3 Å². The molecule has 0 saturated carbocycles. The van der Waals surface area contributed by atoms with Gasteiger partial charge in [0.15, 0.2) is 5.84 Å². The zero-order chi connectivity index (χ0) is 19.6. The highest BCUT2D eigenvalue weighted by atomic mass is 16.6. The third-order valence-corrected chi connectivity index (χ3v) is 4.46. The van der Waals surface area contributed by atoms with Crippen molar-refractivity contribution in [2.45, 2.75) is 25.7 Å². The van der Waals surface area contributed by atoms with Crippen LogP contribution in [-0.2, 0) is 4.84 Å². The van der Waals surface area contributed by atoms with Crippen molar-refractivity contribution in [1.29, 1.82) is 0 Å². The van der Waals surface area contributed by atoms with Crippen LogP contribution in [0.15, 0.2) is 48.0 Å². The number of likely N-dealkylation sites (tertiary alicyclic amines) is 1. The first-order chi connectivity index (χ1) is 13.7. The van der Waals surface area contributed by atoms with E-state index in [0.717, 1.165) is 26.1 Å². The van der Waals surface area contributed by atoms with E-state index in [1.807, 2.05) is 0 Å². The zero-order valence-electron chi connectivity index (χ0n) is 15.8. The van der Waals surface area contributed by atoms with Gasteiger partial charge in [0.2, 0.25) is 5.88 Å². The molecule has 1 fully saturated rings. The summed E-state index contributed by atoms with van der Waals surface area (Å²) in [7, 11) is 0. The Morgan fingerprint density at radius 2 is 2.00 bits per heavy atom. The number of nitrogens with two attached hydrogens (primary N) is 1. The molecule has 8 nitrogen and oxygen atoms in total. The maximum Gasteiger partial charge on any atom is 0.346 e. The number of carbonyl (C=O) groups excluding carboxylic acids is 1. The lowest BCUT2D eigenvalue weighted by molar-refractivity contribution is 0.0726. The highest BCUT2D eigenvalue weighted by molar-refractivity contribution is 6.00. The average molecular weight is 383 g/mol. The zero-order valence-corrected chi connectivity index (χ0v) is 15.8. The molecule has 3 heterocycles. The molecule has 3 rings (SSSR count). The minimum absolute atomic E-state index is 0.0783. The quantitative estimate of drug-likeness (QED) is 0.245. The second-order valence-corrected chi connectivity index (χ2v) is 6.55. The summed E-state index contributed by atoms with van der Waals surface area (Å²) in [6, 6.07) is 6.63. The number of ether oxygens (including phenoxy) is 1. The molecule has 0 aliphatic carbocycles. The summed E-state index contributed by atoms with van der Waals surface area (Å²) in [5.41, 5.74) is 6.73. The van der Waals surface area contributed by atoms with E-state index in [9.17, 15) is 4.79 Å². The predicted molar refractivity (Wildman–Crippen MR) is 105 cm³/mol. The van der Waals surface area contributed by atoms with Crippen molar-refractivity contribution in [3.63, 3.8) is 0 Å². The highest BCUT2D eigenvalue weighted by Crippen LogP contribution is 2.16. The van der Waals surface area contributed by atoms with Gasteiger partial charge in [-0.3, -0.25) is 4.98 Å². The van der Waals surface area contributed by atoms with Crippen LogP contribution in [0, 0.1) is 0 Å². The molecule has 1 saturated heterocycles. The number of pyridine rings is 2. The molecule has 0 aromatic carbocycles. The Labute approximate surface area is 164 Å². The lowest BCUT2D eigenvalue weighted by atomic mass is 10.1. The predicted octanol–water partition coefficient (Wildman–Crippen LogP) is 2.21. The van der Waals surface area contributed by atoms with Crippen LogP contribution in [-0.4, -0.2) is 52.9 Å². The van der Waals surface area contributed by atoms with Gasteiger partial charge in [-0.1, -0.05) is 11.6 Å². The lowest BCUT2D eigenvalue weighted by Crippen LogP contribution is -2.31. The van der Waals surface area contributed by atoms with Gasteiger partial charge in [-0.05, 0) is 56.6 Å². The summed E-state index contributed by atoms with van der Waals surface area (Å²) >= 11 is 0. The summed E-state index contributed by atoms with van der Waals surface area (Å²) in [5, 5.41) is 3.95.